The number of hydrogen-bond acceptors (Lipinski definition) is 4. The van der Waals surface area contributed by atoms with Crippen LogP contribution in [0.15, 0.2) is 47.6 Å². The minimum absolute atomic E-state index is 0.625. The molecule has 0 radical (unpaired) electrons. The molecule has 2 heterocycles. The number of nitrogens with zero attached hydrogens (tertiary/aromatic N) is 4. The number of halogens is 1. The molecule has 1 saturated heterocycles. The molecule has 1 fully saturated rings. The van der Waals surface area contributed by atoms with E-state index in [-0.39, 0.29) is 0 Å². The van der Waals surface area contributed by atoms with Gasteiger partial charge in [0.1, 0.15) is 5.82 Å². The van der Waals surface area contributed by atoms with E-state index in [0.717, 1.165) is 60.7 Å². The highest BCUT2D eigenvalue weighted by Crippen LogP contribution is 2.15. The Bertz CT molecular complexity index is 769. The lowest BCUT2D eigenvalue weighted by molar-refractivity contribution is 0.270. The zero-order valence-corrected chi connectivity index (χ0v) is 17.4. The molecule has 0 spiro atoms. The molecule has 3 rings (SSSR count). The molecular weight excluding hydrogens is 372 g/mol. The van der Waals surface area contributed by atoms with E-state index < -0.39 is 0 Å². The Morgan fingerprint density at radius 3 is 2.46 bits per heavy atom. The van der Waals surface area contributed by atoms with Crippen LogP contribution >= 0.6 is 11.6 Å². The van der Waals surface area contributed by atoms with Gasteiger partial charge in [0.25, 0.3) is 0 Å². The number of nitrogens with one attached hydrogen (secondary N) is 2. The van der Waals surface area contributed by atoms with Crippen molar-refractivity contribution >= 4 is 23.4 Å². The molecule has 1 aliphatic rings. The second-order valence-electron chi connectivity index (χ2n) is 6.82. The predicted octanol–water partition coefficient (Wildman–Crippen LogP) is 2.74. The number of rotatable bonds is 6. The molecule has 0 aliphatic carbocycles. The quantitative estimate of drug-likeness (QED) is 0.576. The molecule has 0 amide bonds. The number of hydrogen-bond donors (Lipinski definition) is 2. The number of aromatic nitrogens is 1. The molecule has 0 atom stereocenters. The van der Waals surface area contributed by atoms with E-state index in [9.17, 15) is 0 Å². The fourth-order valence-corrected chi connectivity index (χ4v) is 3.43. The van der Waals surface area contributed by atoms with Crippen LogP contribution in [0, 0.1) is 0 Å². The average Bonchev–Trinajstić information content (AvgIpc) is 2.75. The lowest BCUT2D eigenvalue weighted by Gasteiger charge is -2.34. The summed E-state index contributed by atoms with van der Waals surface area (Å²) >= 11 is 6.20. The first kappa shape index (κ1) is 20.4. The van der Waals surface area contributed by atoms with Crippen LogP contribution in [0.5, 0.6) is 0 Å². The van der Waals surface area contributed by atoms with Crippen molar-refractivity contribution in [2.45, 2.75) is 20.0 Å². The van der Waals surface area contributed by atoms with Gasteiger partial charge in [-0.2, -0.15) is 0 Å². The number of pyridine rings is 1. The Morgan fingerprint density at radius 2 is 1.82 bits per heavy atom. The first-order valence-electron chi connectivity index (χ1n) is 9.79. The van der Waals surface area contributed by atoms with Gasteiger partial charge in [0.2, 0.25) is 0 Å². The maximum Gasteiger partial charge on any atom is 0.191 e. The molecule has 0 unspecified atom stereocenters. The number of aliphatic imine (C=N–C) groups is 1. The van der Waals surface area contributed by atoms with Crippen molar-refractivity contribution in [3.63, 3.8) is 0 Å². The summed E-state index contributed by atoms with van der Waals surface area (Å²) in [6, 6.07) is 12.0. The van der Waals surface area contributed by atoms with Gasteiger partial charge in [-0.3, -0.25) is 4.99 Å². The largest absolute Gasteiger partial charge is 0.354 e. The van der Waals surface area contributed by atoms with Gasteiger partial charge >= 0.3 is 0 Å². The van der Waals surface area contributed by atoms with Crippen LogP contribution < -0.4 is 15.5 Å². The molecular formula is C21H29ClN6. The normalized spacial score (nSPS) is 15.5. The Hall–Kier alpha value is -2.31. The maximum absolute atomic E-state index is 6.20. The van der Waals surface area contributed by atoms with Gasteiger partial charge in [-0.25, -0.2) is 4.98 Å². The van der Waals surface area contributed by atoms with Crippen LogP contribution in [0.4, 0.5) is 5.82 Å². The summed E-state index contributed by atoms with van der Waals surface area (Å²) < 4.78 is 0. The zero-order chi connectivity index (χ0) is 19.8. The predicted molar refractivity (Wildman–Crippen MR) is 117 cm³/mol. The van der Waals surface area contributed by atoms with E-state index in [2.05, 4.69) is 49.5 Å². The first-order chi connectivity index (χ1) is 13.7. The number of guanidine groups is 1. The van der Waals surface area contributed by atoms with E-state index in [1.165, 1.54) is 0 Å². The Kier molecular flexibility index (Phi) is 7.51. The van der Waals surface area contributed by atoms with Crippen LogP contribution in [0.2, 0.25) is 5.02 Å². The highest BCUT2D eigenvalue weighted by atomic mass is 35.5. The van der Waals surface area contributed by atoms with E-state index in [4.69, 9.17) is 11.6 Å². The summed E-state index contributed by atoms with van der Waals surface area (Å²) in [6.45, 7) is 8.92. The summed E-state index contributed by atoms with van der Waals surface area (Å²) in [6.07, 6.45) is 1.94. The van der Waals surface area contributed by atoms with Crippen molar-refractivity contribution < 1.29 is 0 Å². The Morgan fingerprint density at radius 1 is 1.07 bits per heavy atom. The van der Waals surface area contributed by atoms with Crippen LogP contribution in [-0.2, 0) is 13.1 Å². The van der Waals surface area contributed by atoms with Crippen molar-refractivity contribution in [3.8, 4) is 0 Å². The van der Waals surface area contributed by atoms with Crippen LogP contribution in [0.25, 0.3) is 0 Å². The lowest BCUT2D eigenvalue weighted by atomic mass is 10.2. The standard InChI is InChI=1S/C21H29ClN6/c1-3-27-10-12-28(13-11-27)20-9-8-17(14-24-20)15-25-21(23-2)26-16-18-6-4-5-7-19(18)22/h4-9,14H,3,10-13,15-16H2,1-2H3,(H2,23,25,26). The van der Waals surface area contributed by atoms with Crippen molar-refractivity contribution in [2.75, 3.05) is 44.7 Å². The van der Waals surface area contributed by atoms with E-state index in [0.29, 0.717) is 13.1 Å². The summed E-state index contributed by atoms with van der Waals surface area (Å²) in [5, 5.41) is 7.37. The van der Waals surface area contributed by atoms with Gasteiger partial charge in [0.05, 0.1) is 0 Å². The maximum atomic E-state index is 6.20. The van der Waals surface area contributed by atoms with Crippen LogP contribution in [0.3, 0.4) is 0 Å². The second-order valence-corrected chi connectivity index (χ2v) is 7.22. The number of piperazine rings is 1. The topological polar surface area (TPSA) is 55.8 Å². The molecule has 1 aromatic heterocycles. The average molecular weight is 401 g/mol. The van der Waals surface area contributed by atoms with Gasteiger partial charge < -0.3 is 20.4 Å². The molecule has 0 saturated carbocycles. The van der Waals surface area contributed by atoms with Gasteiger partial charge in [-0.1, -0.05) is 42.8 Å². The third-order valence-corrected chi connectivity index (χ3v) is 5.41. The molecule has 2 N–H and O–H groups in total. The molecule has 7 heteroatoms. The minimum Gasteiger partial charge on any atom is -0.354 e. The van der Waals surface area contributed by atoms with Gasteiger partial charge in [0.15, 0.2) is 5.96 Å². The molecule has 6 nitrogen and oxygen atoms in total. The molecule has 0 bridgehead atoms. The molecule has 1 aromatic carbocycles. The third kappa shape index (κ3) is 5.59. The smallest absolute Gasteiger partial charge is 0.191 e. The van der Waals surface area contributed by atoms with Crippen molar-refractivity contribution in [2.24, 2.45) is 4.99 Å². The second kappa shape index (κ2) is 10.3. The van der Waals surface area contributed by atoms with Gasteiger partial charge in [0, 0.05) is 57.5 Å². The highest BCUT2D eigenvalue weighted by Gasteiger charge is 2.16. The van der Waals surface area contributed by atoms with Crippen molar-refractivity contribution in [1.29, 1.82) is 0 Å². The van der Waals surface area contributed by atoms with E-state index in [1.54, 1.807) is 7.05 Å². The van der Waals surface area contributed by atoms with Gasteiger partial charge in [-0.05, 0) is 29.8 Å². The summed E-state index contributed by atoms with van der Waals surface area (Å²) in [5.74, 6) is 1.79. The molecule has 28 heavy (non-hydrogen) atoms. The monoisotopic (exact) mass is 400 g/mol. The van der Waals surface area contributed by atoms with Crippen LogP contribution in [0.1, 0.15) is 18.1 Å². The third-order valence-electron chi connectivity index (χ3n) is 5.04. The summed E-state index contributed by atoms with van der Waals surface area (Å²) in [4.78, 5) is 13.7. The highest BCUT2D eigenvalue weighted by molar-refractivity contribution is 6.31. The lowest BCUT2D eigenvalue weighted by Crippen LogP contribution is -2.46. The Labute approximate surface area is 172 Å². The molecule has 2 aromatic rings. The fraction of sp³-hybridized carbons (Fsp3) is 0.429. The number of likely N-dealkylation sites (N-methyl/N-ethyl adjacent to an activating group) is 1. The minimum atomic E-state index is 0.625. The number of anilines is 1. The van der Waals surface area contributed by atoms with E-state index in [1.807, 2.05) is 30.5 Å². The van der Waals surface area contributed by atoms with Gasteiger partial charge in [-0.15, -0.1) is 0 Å². The zero-order valence-electron chi connectivity index (χ0n) is 16.7. The first-order valence-corrected chi connectivity index (χ1v) is 10.2. The van der Waals surface area contributed by atoms with Crippen LogP contribution in [-0.4, -0.2) is 55.6 Å². The van der Waals surface area contributed by atoms with Crippen molar-refractivity contribution in [3.05, 3.63) is 58.7 Å². The van der Waals surface area contributed by atoms with E-state index >= 15 is 0 Å². The molecule has 1 aliphatic heterocycles. The Balaban J connectivity index is 1.48. The number of benzene rings is 1. The molecule has 150 valence electrons. The van der Waals surface area contributed by atoms with Crippen molar-refractivity contribution in [1.82, 2.24) is 20.5 Å². The summed E-state index contributed by atoms with van der Waals surface area (Å²) in [5.41, 5.74) is 2.16. The fourth-order valence-electron chi connectivity index (χ4n) is 3.23. The SMILES string of the molecule is CCN1CCN(c2ccc(CNC(=NC)NCc3ccccc3Cl)cn2)CC1. The summed E-state index contributed by atoms with van der Waals surface area (Å²) in [7, 11) is 1.76.